The summed E-state index contributed by atoms with van der Waals surface area (Å²) in [6.45, 7) is 6.50. The fourth-order valence-corrected chi connectivity index (χ4v) is 3.61. The molecule has 1 fully saturated rings. The molecule has 0 heterocycles. The van der Waals surface area contributed by atoms with E-state index < -0.39 is 0 Å². The van der Waals surface area contributed by atoms with Gasteiger partial charge >= 0.3 is 0 Å². The Morgan fingerprint density at radius 2 is 2.05 bits per heavy atom. The van der Waals surface area contributed by atoms with Crippen LogP contribution in [0.15, 0.2) is 22.7 Å². The zero-order valence-electron chi connectivity index (χ0n) is 12.5. The van der Waals surface area contributed by atoms with Crippen LogP contribution in [-0.2, 0) is 0 Å². The average Bonchev–Trinajstić information content (AvgIpc) is 2.42. The van der Waals surface area contributed by atoms with Crippen LogP contribution >= 0.6 is 15.9 Å². The van der Waals surface area contributed by atoms with Crippen LogP contribution in [-0.4, -0.2) is 13.1 Å². The van der Waals surface area contributed by atoms with E-state index in [1.54, 1.807) is 6.07 Å². The summed E-state index contributed by atoms with van der Waals surface area (Å²) >= 11 is 3.31. The van der Waals surface area contributed by atoms with Gasteiger partial charge in [0.25, 0.3) is 0 Å². The maximum Gasteiger partial charge on any atom is 0.140 e. The molecule has 1 N–H and O–H groups in total. The third-order valence-corrected chi connectivity index (χ3v) is 4.86. The van der Waals surface area contributed by atoms with Crippen molar-refractivity contribution in [3.05, 3.63) is 34.1 Å². The van der Waals surface area contributed by atoms with Gasteiger partial charge in [0.2, 0.25) is 0 Å². The first-order valence-corrected chi connectivity index (χ1v) is 8.53. The van der Waals surface area contributed by atoms with E-state index in [2.05, 4.69) is 35.1 Å². The fourth-order valence-electron chi connectivity index (χ4n) is 3.23. The summed E-state index contributed by atoms with van der Waals surface area (Å²) in [5, 5.41) is 3.55. The first kappa shape index (κ1) is 16.0. The molecule has 1 nitrogen and oxygen atoms in total. The number of rotatable bonds is 5. The quantitative estimate of drug-likeness (QED) is 0.784. The summed E-state index contributed by atoms with van der Waals surface area (Å²) in [4.78, 5) is 0. The summed E-state index contributed by atoms with van der Waals surface area (Å²) in [6, 6.07) is 5.70. The van der Waals surface area contributed by atoms with Crippen LogP contribution < -0.4 is 5.32 Å². The number of benzene rings is 1. The molecule has 2 unspecified atom stereocenters. The molecule has 0 spiro atoms. The van der Waals surface area contributed by atoms with E-state index in [0.717, 1.165) is 25.1 Å². The highest BCUT2D eigenvalue weighted by Crippen LogP contribution is 2.39. The highest BCUT2D eigenvalue weighted by atomic mass is 79.9. The van der Waals surface area contributed by atoms with Crippen molar-refractivity contribution in [2.45, 2.75) is 45.4 Å². The van der Waals surface area contributed by atoms with Crippen LogP contribution in [0.4, 0.5) is 4.39 Å². The smallest absolute Gasteiger partial charge is 0.140 e. The van der Waals surface area contributed by atoms with Gasteiger partial charge in [-0.3, -0.25) is 0 Å². The van der Waals surface area contributed by atoms with E-state index in [-0.39, 0.29) is 5.82 Å². The topological polar surface area (TPSA) is 12.0 Å². The molecular weight excluding hydrogens is 317 g/mol. The van der Waals surface area contributed by atoms with E-state index in [0.29, 0.717) is 22.2 Å². The maximum absolute atomic E-state index is 14.3. The van der Waals surface area contributed by atoms with Crippen molar-refractivity contribution in [2.24, 2.45) is 11.8 Å². The third-order valence-electron chi connectivity index (χ3n) is 4.25. The molecule has 0 bridgehead atoms. The van der Waals surface area contributed by atoms with Gasteiger partial charge in [0, 0.05) is 0 Å². The number of halogens is 2. The fraction of sp³-hybridized carbons (Fsp3) is 0.647. The van der Waals surface area contributed by atoms with Crippen molar-refractivity contribution in [3.8, 4) is 0 Å². The van der Waals surface area contributed by atoms with Gasteiger partial charge in [-0.05, 0) is 71.2 Å². The molecule has 0 aliphatic heterocycles. The maximum atomic E-state index is 14.3. The van der Waals surface area contributed by atoms with Crippen molar-refractivity contribution >= 4 is 15.9 Å². The van der Waals surface area contributed by atoms with Gasteiger partial charge in [0.1, 0.15) is 5.82 Å². The van der Waals surface area contributed by atoms with Crippen LogP contribution in [0, 0.1) is 17.7 Å². The molecule has 1 aliphatic carbocycles. The molecule has 0 aromatic heterocycles. The van der Waals surface area contributed by atoms with Crippen molar-refractivity contribution in [1.82, 2.24) is 5.32 Å². The molecule has 0 saturated heterocycles. The predicted molar refractivity (Wildman–Crippen MR) is 86.5 cm³/mol. The van der Waals surface area contributed by atoms with Gasteiger partial charge in [-0.1, -0.05) is 38.8 Å². The lowest BCUT2D eigenvalue weighted by molar-refractivity contribution is 0.286. The predicted octanol–water partition coefficient (Wildman–Crippen LogP) is 5.11. The van der Waals surface area contributed by atoms with E-state index in [9.17, 15) is 4.39 Å². The Balaban J connectivity index is 2.08. The second-order valence-electron chi connectivity index (χ2n) is 6.35. The Morgan fingerprint density at radius 1 is 1.30 bits per heavy atom. The van der Waals surface area contributed by atoms with E-state index in [1.165, 1.54) is 19.3 Å². The molecule has 2 rings (SSSR count). The van der Waals surface area contributed by atoms with Crippen LogP contribution in [0.25, 0.3) is 0 Å². The van der Waals surface area contributed by atoms with Crippen molar-refractivity contribution < 1.29 is 4.39 Å². The average molecular weight is 342 g/mol. The van der Waals surface area contributed by atoms with Crippen molar-refractivity contribution in [2.75, 3.05) is 13.1 Å². The minimum Gasteiger partial charge on any atom is -0.316 e. The summed E-state index contributed by atoms with van der Waals surface area (Å²) in [6.07, 6.45) is 4.82. The van der Waals surface area contributed by atoms with Gasteiger partial charge in [0.05, 0.1) is 4.47 Å². The van der Waals surface area contributed by atoms with E-state index in [4.69, 9.17) is 0 Å². The molecule has 1 aromatic rings. The lowest BCUT2D eigenvalue weighted by atomic mass is 9.75. The molecule has 1 aromatic carbocycles. The number of hydrogen-bond acceptors (Lipinski definition) is 1. The van der Waals surface area contributed by atoms with E-state index >= 15 is 0 Å². The third kappa shape index (κ3) is 4.05. The molecule has 3 heteroatoms. The highest BCUT2D eigenvalue weighted by Gasteiger charge is 2.28. The van der Waals surface area contributed by atoms with Gasteiger partial charge < -0.3 is 5.32 Å². The zero-order valence-corrected chi connectivity index (χ0v) is 14.0. The molecule has 1 saturated carbocycles. The van der Waals surface area contributed by atoms with Gasteiger partial charge in [-0.25, -0.2) is 4.39 Å². The van der Waals surface area contributed by atoms with Crippen LogP contribution in [0.1, 0.15) is 51.0 Å². The SMILES string of the molecule is CC(C)CNCC1CCCCC1c1cccc(Br)c1F. The molecule has 2 atom stereocenters. The van der Waals surface area contributed by atoms with Crippen LogP contribution in [0.5, 0.6) is 0 Å². The van der Waals surface area contributed by atoms with Gasteiger partial charge in [-0.2, -0.15) is 0 Å². The van der Waals surface area contributed by atoms with Crippen LogP contribution in [0.3, 0.4) is 0 Å². The second kappa shape index (κ2) is 7.56. The minimum atomic E-state index is -0.0618. The van der Waals surface area contributed by atoms with Gasteiger partial charge in [0.15, 0.2) is 0 Å². The van der Waals surface area contributed by atoms with Crippen LogP contribution in [0.2, 0.25) is 0 Å². The minimum absolute atomic E-state index is 0.0618. The highest BCUT2D eigenvalue weighted by molar-refractivity contribution is 9.10. The first-order valence-electron chi connectivity index (χ1n) is 7.74. The lowest BCUT2D eigenvalue weighted by Crippen LogP contribution is -2.32. The Morgan fingerprint density at radius 3 is 2.80 bits per heavy atom. The molecule has 0 amide bonds. The molecule has 20 heavy (non-hydrogen) atoms. The Labute approximate surface area is 130 Å². The summed E-state index contributed by atoms with van der Waals surface area (Å²) in [5.74, 6) is 1.53. The standard InChI is InChI=1S/C17H25BrFN/c1-12(2)10-20-11-13-6-3-4-7-14(13)15-8-5-9-16(18)17(15)19/h5,8-9,12-14,20H,3-4,6-7,10-11H2,1-2H3. The van der Waals surface area contributed by atoms with Gasteiger partial charge in [-0.15, -0.1) is 0 Å². The molecule has 112 valence electrons. The van der Waals surface area contributed by atoms with E-state index in [1.807, 2.05) is 12.1 Å². The molecule has 1 aliphatic rings. The second-order valence-corrected chi connectivity index (χ2v) is 7.20. The summed E-state index contributed by atoms with van der Waals surface area (Å²) in [7, 11) is 0. The summed E-state index contributed by atoms with van der Waals surface area (Å²) < 4.78 is 14.9. The Bertz CT molecular complexity index is 433. The first-order chi connectivity index (χ1) is 9.59. The normalized spacial score (nSPS) is 23.2. The number of nitrogens with one attached hydrogen (secondary N) is 1. The monoisotopic (exact) mass is 341 g/mol. The Kier molecular flexibility index (Phi) is 6.03. The lowest BCUT2D eigenvalue weighted by Gasteiger charge is -2.32. The largest absolute Gasteiger partial charge is 0.316 e. The Hall–Kier alpha value is -0.410. The molecular formula is C17H25BrFN. The summed E-state index contributed by atoms with van der Waals surface area (Å²) in [5.41, 5.74) is 0.899. The number of hydrogen-bond donors (Lipinski definition) is 1. The molecule has 0 radical (unpaired) electrons. The van der Waals surface area contributed by atoms with Crippen molar-refractivity contribution in [3.63, 3.8) is 0 Å². The zero-order chi connectivity index (χ0) is 14.5. The van der Waals surface area contributed by atoms with Crippen molar-refractivity contribution in [1.29, 1.82) is 0 Å².